The van der Waals surface area contributed by atoms with E-state index in [9.17, 15) is 8.96 Å². The minimum Gasteiger partial charge on any atom is -0.450 e. The summed E-state index contributed by atoms with van der Waals surface area (Å²) in [6.45, 7) is 1.51. The second kappa shape index (κ2) is 11.0. The van der Waals surface area contributed by atoms with Crippen molar-refractivity contribution in [3.8, 4) is 5.88 Å². The van der Waals surface area contributed by atoms with Crippen LogP contribution in [0.2, 0.25) is 0 Å². The lowest BCUT2D eigenvalue weighted by molar-refractivity contribution is 0.0795. The molecule has 0 amide bonds. The fourth-order valence-electron chi connectivity index (χ4n) is 4.59. The molecule has 0 radical (unpaired) electrons. The molecule has 1 saturated heterocycles. The maximum Gasteiger partial charge on any atom is 0.472 e. The Labute approximate surface area is 218 Å². The van der Waals surface area contributed by atoms with Crippen LogP contribution >= 0.6 is 7.82 Å². The van der Waals surface area contributed by atoms with Crippen molar-refractivity contribution >= 4 is 30.8 Å². The molecule has 2 aromatic heterocycles. The number of piperidine rings is 1. The van der Waals surface area contributed by atoms with Gasteiger partial charge < -0.3 is 28.9 Å². The van der Waals surface area contributed by atoms with Gasteiger partial charge in [-0.3, -0.25) is 0 Å². The molecule has 0 unspecified atom stereocenters. The standard InChI is InChI=1S/C25H28FN6O5P/c1-30(24-27-13-10-23(29-24)36-17-37-38(33,34)35)20-11-14-31(15-12-20)25-28-21-4-2-3-5-22(21)32(25)16-18-6-8-19(26)9-7-18/h2-10,13,20H,11-12,14-17H2,1H3,(H2,33,34,35). The Morgan fingerprint density at radius 1 is 1.08 bits per heavy atom. The number of benzene rings is 2. The lowest BCUT2D eigenvalue weighted by Gasteiger charge is -2.37. The predicted octanol–water partition coefficient (Wildman–Crippen LogP) is 3.56. The van der Waals surface area contributed by atoms with E-state index in [4.69, 9.17) is 19.5 Å². The first-order chi connectivity index (χ1) is 18.3. The number of phosphoric ester groups is 1. The Bertz CT molecular complexity index is 1440. The summed E-state index contributed by atoms with van der Waals surface area (Å²) in [6, 6.07) is 16.2. The zero-order valence-electron chi connectivity index (χ0n) is 20.7. The summed E-state index contributed by atoms with van der Waals surface area (Å²) in [5.41, 5.74) is 2.94. The molecule has 200 valence electrons. The molecule has 0 atom stereocenters. The molecule has 3 heterocycles. The third kappa shape index (κ3) is 6.11. The summed E-state index contributed by atoms with van der Waals surface area (Å²) in [5, 5.41) is 0. The SMILES string of the molecule is CN(c1nccc(OCOP(=O)(O)O)n1)C1CCN(c2nc3ccccc3n2Cc2ccc(F)cc2)CC1. The van der Waals surface area contributed by atoms with Crippen molar-refractivity contribution in [1.82, 2.24) is 19.5 Å². The van der Waals surface area contributed by atoms with Crippen LogP contribution in [0.15, 0.2) is 60.8 Å². The van der Waals surface area contributed by atoms with Crippen LogP contribution in [0, 0.1) is 5.82 Å². The van der Waals surface area contributed by atoms with Gasteiger partial charge >= 0.3 is 7.82 Å². The minimum atomic E-state index is -4.63. The number of nitrogens with zero attached hydrogens (tertiary/aromatic N) is 6. The van der Waals surface area contributed by atoms with Gasteiger partial charge in [0.2, 0.25) is 24.6 Å². The highest BCUT2D eigenvalue weighted by molar-refractivity contribution is 7.46. The normalized spacial score (nSPS) is 14.7. The Balaban J connectivity index is 1.27. The zero-order valence-corrected chi connectivity index (χ0v) is 21.6. The van der Waals surface area contributed by atoms with Gasteiger partial charge in [0.1, 0.15) is 5.82 Å². The lowest BCUT2D eigenvalue weighted by Crippen LogP contribution is -2.44. The van der Waals surface area contributed by atoms with Crippen molar-refractivity contribution in [1.29, 1.82) is 0 Å². The Hall–Kier alpha value is -3.57. The van der Waals surface area contributed by atoms with Crippen LogP contribution in [-0.2, 0) is 15.6 Å². The number of hydrogen-bond donors (Lipinski definition) is 2. The number of rotatable bonds is 9. The maximum atomic E-state index is 13.5. The van der Waals surface area contributed by atoms with Gasteiger partial charge in [-0.2, -0.15) is 4.98 Å². The summed E-state index contributed by atoms with van der Waals surface area (Å²) >= 11 is 0. The smallest absolute Gasteiger partial charge is 0.450 e. The van der Waals surface area contributed by atoms with Crippen molar-refractivity contribution in [2.75, 3.05) is 36.7 Å². The van der Waals surface area contributed by atoms with E-state index in [0.717, 1.165) is 48.5 Å². The summed E-state index contributed by atoms with van der Waals surface area (Å²) in [4.78, 5) is 35.5. The molecule has 0 spiro atoms. The fourth-order valence-corrected chi connectivity index (χ4v) is 4.78. The highest BCUT2D eigenvalue weighted by atomic mass is 31.2. The van der Waals surface area contributed by atoms with Gasteiger partial charge in [-0.15, -0.1) is 0 Å². The molecule has 5 rings (SSSR count). The van der Waals surface area contributed by atoms with Gasteiger partial charge in [-0.1, -0.05) is 24.3 Å². The molecule has 0 bridgehead atoms. The van der Waals surface area contributed by atoms with Crippen molar-refractivity contribution in [3.63, 3.8) is 0 Å². The number of imidazole rings is 1. The molecule has 1 aliphatic heterocycles. The van der Waals surface area contributed by atoms with Gasteiger partial charge in [0, 0.05) is 38.4 Å². The average molecular weight is 543 g/mol. The highest BCUT2D eigenvalue weighted by Crippen LogP contribution is 2.35. The minimum absolute atomic E-state index is 0.155. The second-order valence-electron chi connectivity index (χ2n) is 9.02. The zero-order chi connectivity index (χ0) is 26.7. The van der Waals surface area contributed by atoms with Crippen molar-refractivity contribution in [2.24, 2.45) is 0 Å². The molecule has 11 nitrogen and oxygen atoms in total. The molecule has 1 aliphatic rings. The Kier molecular flexibility index (Phi) is 7.57. The third-order valence-electron chi connectivity index (χ3n) is 6.54. The number of para-hydroxylation sites is 2. The number of aromatic nitrogens is 4. The van der Waals surface area contributed by atoms with E-state index in [1.807, 2.05) is 36.2 Å². The predicted molar refractivity (Wildman–Crippen MR) is 140 cm³/mol. The average Bonchev–Trinajstić information content (AvgIpc) is 3.27. The first-order valence-electron chi connectivity index (χ1n) is 12.1. The van der Waals surface area contributed by atoms with E-state index in [2.05, 4.69) is 24.0 Å². The molecular weight excluding hydrogens is 514 g/mol. The number of phosphoric acid groups is 1. The van der Waals surface area contributed by atoms with Gasteiger partial charge in [0.15, 0.2) is 0 Å². The van der Waals surface area contributed by atoms with Crippen LogP contribution in [0.5, 0.6) is 5.88 Å². The van der Waals surface area contributed by atoms with Gasteiger partial charge in [0.05, 0.1) is 17.6 Å². The lowest BCUT2D eigenvalue weighted by atomic mass is 10.0. The van der Waals surface area contributed by atoms with Crippen molar-refractivity contribution in [2.45, 2.75) is 25.4 Å². The highest BCUT2D eigenvalue weighted by Gasteiger charge is 2.27. The number of hydrogen-bond acceptors (Lipinski definition) is 8. The van der Waals surface area contributed by atoms with E-state index in [1.54, 1.807) is 12.1 Å². The number of ether oxygens (including phenoxy) is 1. The van der Waals surface area contributed by atoms with Gasteiger partial charge in [-0.25, -0.2) is 23.4 Å². The molecule has 38 heavy (non-hydrogen) atoms. The monoisotopic (exact) mass is 542 g/mol. The molecule has 0 aliphatic carbocycles. The van der Waals surface area contributed by atoms with Gasteiger partial charge in [-0.05, 0) is 42.7 Å². The number of halogens is 1. The Morgan fingerprint density at radius 3 is 2.55 bits per heavy atom. The molecule has 2 N–H and O–H groups in total. The largest absolute Gasteiger partial charge is 0.472 e. The van der Waals surface area contributed by atoms with E-state index >= 15 is 0 Å². The molecule has 0 saturated carbocycles. The van der Waals surface area contributed by atoms with E-state index in [-0.39, 0.29) is 17.7 Å². The molecule has 13 heteroatoms. The topological polar surface area (TPSA) is 126 Å². The van der Waals surface area contributed by atoms with E-state index in [1.165, 1.54) is 24.4 Å². The van der Waals surface area contributed by atoms with Crippen molar-refractivity contribution < 1.29 is 28.0 Å². The van der Waals surface area contributed by atoms with Crippen LogP contribution < -0.4 is 14.5 Å². The number of fused-ring (bicyclic) bond motifs is 1. The number of anilines is 2. The second-order valence-corrected chi connectivity index (χ2v) is 10.3. The summed E-state index contributed by atoms with van der Waals surface area (Å²) in [7, 11) is -2.72. The van der Waals surface area contributed by atoms with E-state index < -0.39 is 14.6 Å². The first-order valence-corrected chi connectivity index (χ1v) is 13.6. The van der Waals surface area contributed by atoms with Crippen LogP contribution in [0.4, 0.5) is 16.3 Å². The van der Waals surface area contributed by atoms with Crippen LogP contribution in [0.3, 0.4) is 0 Å². The molecule has 2 aromatic carbocycles. The molecular formula is C25H28FN6O5P. The van der Waals surface area contributed by atoms with Crippen LogP contribution in [0.1, 0.15) is 18.4 Å². The molecule has 1 fully saturated rings. The van der Waals surface area contributed by atoms with Crippen molar-refractivity contribution in [3.05, 3.63) is 72.2 Å². The first kappa shape index (κ1) is 26.1. The summed E-state index contributed by atoms with van der Waals surface area (Å²) < 4.78 is 36.0. The van der Waals surface area contributed by atoms with Gasteiger partial charge in [0.25, 0.3) is 0 Å². The quantitative estimate of drug-likeness (QED) is 0.239. The maximum absolute atomic E-state index is 13.5. The summed E-state index contributed by atoms with van der Waals surface area (Å²) in [5.74, 6) is 1.22. The van der Waals surface area contributed by atoms with E-state index in [0.29, 0.717) is 12.5 Å². The molecule has 4 aromatic rings. The van der Waals surface area contributed by atoms with Crippen LogP contribution in [-0.4, -0.2) is 62.3 Å². The van der Waals surface area contributed by atoms with Crippen LogP contribution in [0.25, 0.3) is 11.0 Å². The Morgan fingerprint density at radius 2 is 1.82 bits per heavy atom. The fraction of sp³-hybridized carbons (Fsp3) is 0.320. The third-order valence-corrected chi connectivity index (χ3v) is 6.99. The summed E-state index contributed by atoms with van der Waals surface area (Å²) in [6.07, 6.45) is 3.20.